The Balaban J connectivity index is 1.67. The maximum Gasteiger partial charge on any atom is 0.141 e. The Morgan fingerprint density at radius 3 is 2.70 bits per heavy atom. The number of hydrogen-bond acceptors (Lipinski definition) is 4. The fourth-order valence-electron chi connectivity index (χ4n) is 3.80. The highest BCUT2D eigenvalue weighted by Gasteiger charge is 2.22. The Kier molecular flexibility index (Phi) is 5.11. The van der Waals surface area contributed by atoms with Crippen molar-refractivity contribution in [3.63, 3.8) is 0 Å². The van der Waals surface area contributed by atoms with Crippen LogP contribution in [0.25, 0.3) is 11.1 Å². The van der Waals surface area contributed by atoms with Gasteiger partial charge in [0.1, 0.15) is 11.9 Å². The monoisotopic (exact) mass is 365 g/mol. The zero-order valence-electron chi connectivity index (χ0n) is 15.6. The molecule has 0 saturated carbocycles. The van der Waals surface area contributed by atoms with Gasteiger partial charge in [0.2, 0.25) is 0 Å². The number of nitrogens with zero attached hydrogens (tertiary/aromatic N) is 3. The van der Waals surface area contributed by atoms with Crippen molar-refractivity contribution in [2.24, 2.45) is 0 Å². The van der Waals surface area contributed by atoms with E-state index in [0.717, 1.165) is 56.0 Å². The molecule has 2 aliphatic rings. The van der Waals surface area contributed by atoms with Crippen molar-refractivity contribution in [2.75, 3.05) is 44.7 Å². The first-order valence-corrected chi connectivity index (χ1v) is 9.52. The first kappa shape index (κ1) is 18.0. The van der Waals surface area contributed by atoms with Crippen LogP contribution in [0, 0.1) is 17.1 Å². The second-order valence-corrected chi connectivity index (χ2v) is 7.46. The molecular weight excluding hydrogens is 341 g/mol. The molecule has 0 spiro atoms. The zero-order chi connectivity index (χ0) is 18.8. The Hall–Kier alpha value is -2.42. The molecule has 2 aromatic rings. The van der Waals surface area contributed by atoms with Crippen molar-refractivity contribution in [2.45, 2.75) is 18.9 Å². The van der Waals surface area contributed by atoms with Gasteiger partial charge in [-0.25, -0.2) is 4.39 Å². The van der Waals surface area contributed by atoms with E-state index in [9.17, 15) is 4.39 Å². The van der Waals surface area contributed by atoms with Gasteiger partial charge in [-0.05, 0) is 55.3 Å². The number of rotatable bonds is 4. The van der Waals surface area contributed by atoms with Gasteiger partial charge < -0.3 is 14.5 Å². The van der Waals surface area contributed by atoms with Gasteiger partial charge in [-0.15, -0.1) is 0 Å². The first-order valence-electron chi connectivity index (χ1n) is 9.52. The van der Waals surface area contributed by atoms with Crippen molar-refractivity contribution in [1.29, 1.82) is 5.26 Å². The van der Waals surface area contributed by atoms with Crippen molar-refractivity contribution in [3.8, 4) is 17.2 Å². The van der Waals surface area contributed by atoms with E-state index < -0.39 is 5.82 Å². The quantitative estimate of drug-likeness (QED) is 0.832. The molecule has 0 aromatic heterocycles. The number of morpholine rings is 1. The van der Waals surface area contributed by atoms with Crippen molar-refractivity contribution in [3.05, 3.63) is 53.3 Å². The van der Waals surface area contributed by atoms with Gasteiger partial charge in [0.05, 0.1) is 18.3 Å². The highest BCUT2D eigenvalue weighted by atomic mass is 19.1. The maximum atomic E-state index is 14.2. The summed E-state index contributed by atoms with van der Waals surface area (Å²) in [5.41, 5.74) is 4.26. The fraction of sp³-hybridized carbons (Fsp3) is 0.409. The molecule has 0 radical (unpaired) electrons. The average Bonchev–Trinajstić information content (AvgIpc) is 2.61. The van der Waals surface area contributed by atoms with E-state index in [1.165, 1.54) is 18.1 Å². The fourth-order valence-corrected chi connectivity index (χ4v) is 3.80. The molecule has 0 amide bonds. The lowest BCUT2D eigenvalue weighted by atomic mass is 9.95. The van der Waals surface area contributed by atoms with Gasteiger partial charge in [0.15, 0.2) is 0 Å². The summed E-state index contributed by atoms with van der Waals surface area (Å²) >= 11 is 0. The second kappa shape index (κ2) is 7.67. The third-order valence-corrected chi connectivity index (χ3v) is 5.46. The molecule has 2 aromatic carbocycles. The number of nitriles is 1. The Bertz CT molecular complexity index is 872. The van der Waals surface area contributed by atoms with E-state index in [0.29, 0.717) is 0 Å². The predicted octanol–water partition coefficient (Wildman–Crippen LogP) is 3.45. The van der Waals surface area contributed by atoms with E-state index in [-0.39, 0.29) is 11.7 Å². The SMILES string of the molecule is CN1CCOC(Cc2ccc(N3CCC3)c(-c3ccc(C#N)c(F)c3)c2)C1. The molecule has 0 bridgehead atoms. The number of benzene rings is 2. The number of ether oxygens (including phenoxy) is 1. The Labute approximate surface area is 159 Å². The summed E-state index contributed by atoms with van der Waals surface area (Å²) in [7, 11) is 2.12. The lowest BCUT2D eigenvalue weighted by molar-refractivity contribution is -0.0185. The normalized spacial score (nSPS) is 20.2. The van der Waals surface area contributed by atoms with Crippen molar-refractivity contribution in [1.82, 2.24) is 4.90 Å². The van der Waals surface area contributed by atoms with Crippen LogP contribution in [0.5, 0.6) is 0 Å². The maximum absolute atomic E-state index is 14.2. The van der Waals surface area contributed by atoms with Crippen LogP contribution in [0.15, 0.2) is 36.4 Å². The predicted molar refractivity (Wildman–Crippen MR) is 104 cm³/mol. The van der Waals surface area contributed by atoms with E-state index in [2.05, 4.69) is 35.0 Å². The van der Waals surface area contributed by atoms with Crippen LogP contribution < -0.4 is 4.90 Å². The molecule has 140 valence electrons. The summed E-state index contributed by atoms with van der Waals surface area (Å²) in [6.45, 7) is 4.72. The minimum absolute atomic E-state index is 0.0825. The van der Waals surface area contributed by atoms with Crippen LogP contribution in [0.1, 0.15) is 17.5 Å². The number of anilines is 1. The summed E-state index contributed by atoms with van der Waals surface area (Å²) in [6, 6.07) is 13.2. The first-order chi connectivity index (χ1) is 13.1. The van der Waals surface area contributed by atoms with Crippen LogP contribution in [-0.2, 0) is 11.2 Å². The standard InChI is InChI=1S/C22H24FN3O/c1-25-9-10-27-19(15-25)11-16-3-6-22(26-7-2-8-26)20(12-16)17-4-5-18(14-24)21(23)13-17/h3-6,12-13,19H,2,7-11,15H2,1H3. The topological polar surface area (TPSA) is 39.5 Å². The average molecular weight is 365 g/mol. The molecule has 1 unspecified atom stereocenters. The van der Waals surface area contributed by atoms with Gasteiger partial charge in [-0.3, -0.25) is 0 Å². The van der Waals surface area contributed by atoms with E-state index in [4.69, 9.17) is 10.00 Å². The number of hydrogen-bond donors (Lipinski definition) is 0. The van der Waals surface area contributed by atoms with Crippen LogP contribution in [0.4, 0.5) is 10.1 Å². The van der Waals surface area contributed by atoms with Crippen LogP contribution >= 0.6 is 0 Å². The summed E-state index contributed by atoms with van der Waals surface area (Å²) in [5.74, 6) is -0.466. The summed E-state index contributed by atoms with van der Waals surface area (Å²) in [4.78, 5) is 4.61. The molecule has 4 rings (SSSR count). The highest BCUT2D eigenvalue weighted by molar-refractivity contribution is 5.80. The van der Waals surface area contributed by atoms with Crippen LogP contribution in [-0.4, -0.2) is 50.8 Å². The van der Waals surface area contributed by atoms with Gasteiger partial charge >= 0.3 is 0 Å². The molecule has 2 fully saturated rings. The third-order valence-electron chi connectivity index (χ3n) is 5.46. The molecule has 27 heavy (non-hydrogen) atoms. The number of likely N-dealkylation sites (N-methyl/N-ethyl adjacent to an activating group) is 1. The number of halogens is 1. The molecule has 0 aliphatic carbocycles. The van der Waals surface area contributed by atoms with Crippen LogP contribution in [0.2, 0.25) is 0 Å². The summed E-state index contributed by atoms with van der Waals surface area (Å²) in [6.07, 6.45) is 2.21. The van der Waals surface area contributed by atoms with Crippen molar-refractivity contribution >= 4 is 5.69 Å². The molecule has 2 saturated heterocycles. The molecule has 1 atom stereocenters. The van der Waals surface area contributed by atoms with Gasteiger partial charge in [0.25, 0.3) is 0 Å². The zero-order valence-corrected chi connectivity index (χ0v) is 15.6. The molecule has 2 heterocycles. The second-order valence-electron chi connectivity index (χ2n) is 7.46. The van der Waals surface area contributed by atoms with Gasteiger partial charge in [-0.2, -0.15) is 5.26 Å². The van der Waals surface area contributed by atoms with Crippen LogP contribution in [0.3, 0.4) is 0 Å². The van der Waals surface area contributed by atoms with E-state index in [1.807, 2.05) is 12.1 Å². The Morgan fingerprint density at radius 1 is 1.19 bits per heavy atom. The smallest absolute Gasteiger partial charge is 0.141 e. The Morgan fingerprint density at radius 2 is 2.04 bits per heavy atom. The van der Waals surface area contributed by atoms with E-state index in [1.54, 1.807) is 6.07 Å². The lowest BCUT2D eigenvalue weighted by Crippen LogP contribution is -2.41. The molecular formula is C22H24FN3O. The summed E-state index contributed by atoms with van der Waals surface area (Å²) in [5, 5.41) is 9.00. The molecule has 2 aliphatic heterocycles. The largest absolute Gasteiger partial charge is 0.375 e. The molecule has 5 heteroatoms. The highest BCUT2D eigenvalue weighted by Crippen LogP contribution is 2.35. The third kappa shape index (κ3) is 3.83. The minimum atomic E-state index is -0.466. The van der Waals surface area contributed by atoms with E-state index >= 15 is 0 Å². The lowest BCUT2D eigenvalue weighted by Gasteiger charge is -2.35. The molecule has 4 nitrogen and oxygen atoms in total. The molecule has 0 N–H and O–H groups in total. The van der Waals surface area contributed by atoms with Gasteiger partial charge in [-0.1, -0.05) is 12.1 Å². The summed E-state index contributed by atoms with van der Waals surface area (Å²) < 4.78 is 20.1. The minimum Gasteiger partial charge on any atom is -0.375 e. The van der Waals surface area contributed by atoms with Crippen molar-refractivity contribution < 1.29 is 9.13 Å². The van der Waals surface area contributed by atoms with Gasteiger partial charge in [0, 0.05) is 37.4 Å².